The van der Waals surface area contributed by atoms with Gasteiger partial charge >= 0.3 is 0 Å². The molecule has 0 saturated carbocycles. The molecule has 1 heterocycles. The van der Waals surface area contributed by atoms with E-state index >= 15 is 0 Å². The molecule has 23 heavy (non-hydrogen) atoms. The van der Waals surface area contributed by atoms with Gasteiger partial charge < -0.3 is 19.7 Å². The Balaban J connectivity index is 2.29. The smallest absolute Gasteiger partial charge is 0.259 e. The summed E-state index contributed by atoms with van der Waals surface area (Å²) in [6.07, 6.45) is 1.51. The van der Waals surface area contributed by atoms with Gasteiger partial charge in [-0.2, -0.15) is 0 Å². The molecule has 0 unspecified atom stereocenters. The molecular formula is C16H20N4O3. The van der Waals surface area contributed by atoms with Crippen molar-refractivity contribution < 1.29 is 14.3 Å². The molecule has 1 aromatic heterocycles. The molecule has 2 rings (SSSR count). The van der Waals surface area contributed by atoms with Crippen LogP contribution in [0.25, 0.3) is 0 Å². The molecule has 122 valence electrons. The lowest BCUT2D eigenvalue weighted by Gasteiger charge is -2.14. The fraction of sp³-hybridized carbons (Fsp3) is 0.312. The van der Waals surface area contributed by atoms with E-state index in [1.807, 2.05) is 14.1 Å². The summed E-state index contributed by atoms with van der Waals surface area (Å²) in [5.74, 6) is 1.41. The fourth-order valence-electron chi connectivity index (χ4n) is 1.99. The van der Waals surface area contributed by atoms with Gasteiger partial charge in [-0.25, -0.2) is 9.97 Å². The summed E-state index contributed by atoms with van der Waals surface area (Å²) in [6.45, 7) is 1.77. The first-order valence-electron chi connectivity index (χ1n) is 7.00. The van der Waals surface area contributed by atoms with Gasteiger partial charge in [-0.05, 0) is 19.1 Å². The van der Waals surface area contributed by atoms with Crippen LogP contribution in [0.15, 0.2) is 24.4 Å². The van der Waals surface area contributed by atoms with Crippen molar-refractivity contribution in [3.8, 4) is 11.5 Å². The minimum Gasteiger partial charge on any atom is -0.497 e. The number of carbonyl (C=O) groups is 1. The molecule has 0 aliphatic carbocycles. The summed E-state index contributed by atoms with van der Waals surface area (Å²) in [5, 5.41) is 2.80. The Kier molecular flexibility index (Phi) is 5.00. The molecule has 0 saturated heterocycles. The minimum absolute atomic E-state index is 0.306. The van der Waals surface area contributed by atoms with Crippen molar-refractivity contribution >= 4 is 17.5 Å². The number of anilines is 2. The molecule has 0 aliphatic heterocycles. The van der Waals surface area contributed by atoms with Gasteiger partial charge in [-0.3, -0.25) is 4.79 Å². The molecule has 0 aliphatic rings. The van der Waals surface area contributed by atoms with Crippen LogP contribution >= 0.6 is 0 Å². The van der Waals surface area contributed by atoms with E-state index in [1.165, 1.54) is 13.3 Å². The van der Waals surface area contributed by atoms with E-state index in [4.69, 9.17) is 9.47 Å². The second-order valence-corrected chi connectivity index (χ2v) is 5.08. The van der Waals surface area contributed by atoms with E-state index in [-0.39, 0.29) is 5.91 Å². The molecule has 0 radical (unpaired) electrons. The van der Waals surface area contributed by atoms with Gasteiger partial charge in [0.25, 0.3) is 5.91 Å². The lowest BCUT2D eigenvalue weighted by Crippen LogP contribution is -2.18. The third kappa shape index (κ3) is 3.68. The lowest BCUT2D eigenvalue weighted by atomic mass is 10.2. The van der Waals surface area contributed by atoms with Crippen LogP contribution in [0.5, 0.6) is 11.5 Å². The highest BCUT2D eigenvalue weighted by molar-refractivity contribution is 6.05. The first kappa shape index (κ1) is 16.5. The average Bonchev–Trinajstić information content (AvgIpc) is 2.54. The summed E-state index contributed by atoms with van der Waals surface area (Å²) < 4.78 is 10.4. The number of ether oxygens (including phenoxy) is 2. The molecule has 0 bridgehead atoms. The highest BCUT2D eigenvalue weighted by atomic mass is 16.5. The van der Waals surface area contributed by atoms with Crippen LogP contribution < -0.4 is 19.7 Å². The standard InChI is InChI=1S/C16H20N4O3/c1-10-12(9-17-16(18-10)20(2)3)15(21)19-13-8-11(22-4)6-7-14(13)23-5/h6-9H,1-5H3,(H,19,21). The molecule has 7 nitrogen and oxygen atoms in total. The quantitative estimate of drug-likeness (QED) is 0.910. The molecular weight excluding hydrogens is 296 g/mol. The Bertz CT molecular complexity index is 716. The molecule has 0 fully saturated rings. The van der Waals surface area contributed by atoms with E-state index in [0.717, 1.165) is 0 Å². The van der Waals surface area contributed by atoms with Crippen LogP contribution in [0.2, 0.25) is 0 Å². The Morgan fingerprint density at radius 2 is 1.96 bits per heavy atom. The van der Waals surface area contributed by atoms with Gasteiger partial charge in [-0.1, -0.05) is 0 Å². The summed E-state index contributed by atoms with van der Waals surface area (Å²) in [5.41, 5.74) is 1.52. The average molecular weight is 316 g/mol. The van der Waals surface area contributed by atoms with Crippen LogP contribution in [0.3, 0.4) is 0 Å². The van der Waals surface area contributed by atoms with Crippen molar-refractivity contribution in [3.63, 3.8) is 0 Å². The minimum atomic E-state index is -0.306. The van der Waals surface area contributed by atoms with Gasteiger partial charge in [0, 0.05) is 26.4 Å². The zero-order valence-electron chi connectivity index (χ0n) is 13.9. The Morgan fingerprint density at radius 3 is 2.52 bits per heavy atom. The van der Waals surface area contributed by atoms with Crippen molar-refractivity contribution in [3.05, 3.63) is 35.7 Å². The number of nitrogens with zero attached hydrogens (tertiary/aromatic N) is 3. The zero-order chi connectivity index (χ0) is 17.0. The number of nitrogens with one attached hydrogen (secondary N) is 1. The topological polar surface area (TPSA) is 76.6 Å². The van der Waals surface area contributed by atoms with Crippen molar-refractivity contribution in [2.24, 2.45) is 0 Å². The molecule has 2 aromatic rings. The number of aryl methyl sites for hydroxylation is 1. The van der Waals surface area contributed by atoms with Gasteiger partial charge in [0.05, 0.1) is 31.2 Å². The molecule has 1 amide bonds. The monoisotopic (exact) mass is 316 g/mol. The summed E-state index contributed by atoms with van der Waals surface area (Å²) >= 11 is 0. The number of aromatic nitrogens is 2. The van der Waals surface area contributed by atoms with Gasteiger partial charge in [0.2, 0.25) is 5.95 Å². The van der Waals surface area contributed by atoms with E-state index in [9.17, 15) is 4.79 Å². The highest BCUT2D eigenvalue weighted by Crippen LogP contribution is 2.29. The van der Waals surface area contributed by atoms with Crippen molar-refractivity contribution in [1.82, 2.24) is 9.97 Å². The molecule has 0 spiro atoms. The Labute approximate surface area is 135 Å². The first-order valence-corrected chi connectivity index (χ1v) is 7.00. The summed E-state index contributed by atoms with van der Waals surface area (Å²) in [4.78, 5) is 22.7. The van der Waals surface area contributed by atoms with E-state index in [2.05, 4.69) is 15.3 Å². The maximum Gasteiger partial charge on any atom is 0.259 e. The van der Waals surface area contributed by atoms with Crippen molar-refractivity contribution in [2.45, 2.75) is 6.92 Å². The van der Waals surface area contributed by atoms with Crippen LogP contribution in [0, 0.1) is 6.92 Å². The second kappa shape index (κ2) is 6.95. The van der Waals surface area contributed by atoms with E-state index in [0.29, 0.717) is 34.4 Å². The molecule has 1 aromatic carbocycles. The SMILES string of the molecule is COc1ccc(OC)c(NC(=O)c2cnc(N(C)C)nc2C)c1. The number of hydrogen-bond donors (Lipinski definition) is 1. The van der Waals surface area contributed by atoms with Crippen LogP contribution in [-0.4, -0.2) is 44.2 Å². The van der Waals surface area contributed by atoms with Gasteiger partial charge in [-0.15, -0.1) is 0 Å². The number of hydrogen-bond acceptors (Lipinski definition) is 6. The zero-order valence-corrected chi connectivity index (χ0v) is 13.9. The number of carbonyl (C=O) groups excluding carboxylic acids is 1. The third-order valence-corrected chi connectivity index (χ3v) is 3.27. The van der Waals surface area contributed by atoms with Crippen LogP contribution in [-0.2, 0) is 0 Å². The fourth-order valence-corrected chi connectivity index (χ4v) is 1.99. The van der Waals surface area contributed by atoms with Gasteiger partial charge in [0.1, 0.15) is 11.5 Å². The molecule has 1 N–H and O–H groups in total. The van der Waals surface area contributed by atoms with E-state index < -0.39 is 0 Å². The highest BCUT2D eigenvalue weighted by Gasteiger charge is 2.15. The predicted octanol–water partition coefficient (Wildman–Crippen LogP) is 2.12. The normalized spacial score (nSPS) is 10.1. The lowest BCUT2D eigenvalue weighted by molar-refractivity contribution is 0.102. The molecule has 0 atom stereocenters. The van der Waals surface area contributed by atoms with Crippen LogP contribution in [0.4, 0.5) is 11.6 Å². The maximum absolute atomic E-state index is 12.5. The summed E-state index contributed by atoms with van der Waals surface area (Å²) in [7, 11) is 6.79. The van der Waals surface area contributed by atoms with Crippen molar-refractivity contribution in [1.29, 1.82) is 0 Å². The second-order valence-electron chi connectivity index (χ2n) is 5.08. The number of amides is 1. The molecule has 7 heteroatoms. The first-order chi connectivity index (χ1) is 11.0. The van der Waals surface area contributed by atoms with E-state index in [1.54, 1.807) is 37.1 Å². The predicted molar refractivity (Wildman–Crippen MR) is 88.6 cm³/mol. The Hall–Kier alpha value is -2.83. The number of rotatable bonds is 5. The van der Waals surface area contributed by atoms with Crippen molar-refractivity contribution in [2.75, 3.05) is 38.5 Å². The Morgan fingerprint density at radius 1 is 1.22 bits per heavy atom. The summed E-state index contributed by atoms with van der Waals surface area (Å²) in [6, 6.07) is 5.18. The largest absolute Gasteiger partial charge is 0.497 e. The van der Waals surface area contributed by atoms with Gasteiger partial charge in [0.15, 0.2) is 0 Å². The maximum atomic E-state index is 12.5. The number of benzene rings is 1. The number of methoxy groups -OCH3 is 2. The van der Waals surface area contributed by atoms with Crippen LogP contribution in [0.1, 0.15) is 16.1 Å². The third-order valence-electron chi connectivity index (χ3n) is 3.27.